The average Bonchev–Trinajstić information content (AvgIpc) is 3.26. The van der Waals surface area contributed by atoms with E-state index in [2.05, 4.69) is 55.6 Å². The number of aliphatic hydroxyl groups excluding tert-OH is 2. The topological polar surface area (TPSA) is 95.9 Å². The molecule has 3 N–H and O–H groups in total. The maximum absolute atomic E-state index is 12.4. The highest BCUT2D eigenvalue weighted by Crippen LogP contribution is 2.16. The molecule has 2 unspecified atom stereocenters. The van der Waals surface area contributed by atoms with Gasteiger partial charge in [0, 0.05) is 12.8 Å². The number of amides is 1. The number of hydrogen-bond acceptors (Lipinski definition) is 5. The second-order valence-corrected chi connectivity index (χ2v) is 18.2. The molecule has 0 rings (SSSR count). The number of hydrogen-bond donors (Lipinski definition) is 3. The number of esters is 1. The summed E-state index contributed by atoms with van der Waals surface area (Å²) in [5, 5.41) is 23.1. The molecule has 0 aromatic heterocycles. The van der Waals surface area contributed by atoms with Crippen LogP contribution in [0, 0.1) is 0 Å². The maximum atomic E-state index is 12.4. The number of allylic oxidation sites excluding steroid dienone is 6. The molecule has 6 heteroatoms. The Hall–Kier alpha value is -1.92. The van der Waals surface area contributed by atoms with Crippen molar-refractivity contribution in [2.75, 3.05) is 13.2 Å². The van der Waals surface area contributed by atoms with Gasteiger partial charge in [0.2, 0.25) is 5.91 Å². The van der Waals surface area contributed by atoms with Gasteiger partial charge in [0.05, 0.1) is 25.4 Å². The summed E-state index contributed by atoms with van der Waals surface area (Å²) in [5.74, 6) is -0.0513. The Bertz CT molecular complexity index is 993. The molecule has 0 spiro atoms. The van der Waals surface area contributed by atoms with Crippen molar-refractivity contribution in [1.82, 2.24) is 5.32 Å². The number of rotatable bonds is 49. The predicted molar refractivity (Wildman–Crippen MR) is 264 cm³/mol. The molecule has 0 aromatic rings. The zero-order valence-electron chi connectivity index (χ0n) is 40.6. The van der Waals surface area contributed by atoms with Crippen molar-refractivity contribution in [3.63, 3.8) is 0 Å². The van der Waals surface area contributed by atoms with Gasteiger partial charge in [0.25, 0.3) is 0 Å². The van der Waals surface area contributed by atoms with E-state index in [1.807, 2.05) is 0 Å². The van der Waals surface area contributed by atoms with Gasteiger partial charge in [-0.1, -0.05) is 224 Å². The van der Waals surface area contributed by atoms with Gasteiger partial charge in [-0.05, 0) is 77.0 Å². The van der Waals surface area contributed by atoms with Crippen LogP contribution in [-0.4, -0.2) is 47.4 Å². The lowest BCUT2D eigenvalue weighted by molar-refractivity contribution is -0.143. The van der Waals surface area contributed by atoms with Gasteiger partial charge in [-0.3, -0.25) is 9.59 Å². The van der Waals surface area contributed by atoms with Crippen molar-refractivity contribution in [2.45, 2.75) is 289 Å². The molecule has 6 nitrogen and oxygen atoms in total. The van der Waals surface area contributed by atoms with Crippen LogP contribution in [0.25, 0.3) is 0 Å². The summed E-state index contributed by atoms with van der Waals surface area (Å²) in [4.78, 5) is 24.4. The third-order valence-corrected chi connectivity index (χ3v) is 12.1. The summed E-state index contributed by atoms with van der Waals surface area (Å²) in [6.45, 7) is 4.85. The monoisotopic (exact) mass is 858 g/mol. The number of carbonyl (C=O) groups excluding carboxylic acids is 2. The van der Waals surface area contributed by atoms with Gasteiger partial charge in [-0.25, -0.2) is 0 Å². The highest BCUT2D eigenvalue weighted by atomic mass is 16.5. The molecule has 0 heterocycles. The van der Waals surface area contributed by atoms with Gasteiger partial charge in [-0.15, -0.1) is 0 Å². The van der Waals surface area contributed by atoms with Gasteiger partial charge < -0.3 is 20.3 Å². The summed E-state index contributed by atoms with van der Waals surface area (Å²) >= 11 is 0. The number of ether oxygens (including phenoxy) is 1. The molecule has 358 valence electrons. The van der Waals surface area contributed by atoms with Gasteiger partial charge in [0.15, 0.2) is 0 Å². The number of nitrogens with one attached hydrogen (secondary N) is 1. The van der Waals surface area contributed by atoms with Crippen LogP contribution in [-0.2, 0) is 14.3 Å². The number of aliphatic hydroxyl groups is 2. The Balaban J connectivity index is 3.40. The summed E-state index contributed by atoms with van der Waals surface area (Å²) in [6.07, 6.45) is 61.3. The number of carbonyl (C=O) groups is 2. The quantitative estimate of drug-likeness (QED) is 0.0322. The van der Waals surface area contributed by atoms with Crippen molar-refractivity contribution in [2.24, 2.45) is 0 Å². The van der Waals surface area contributed by atoms with E-state index in [0.717, 1.165) is 51.4 Å². The summed E-state index contributed by atoms with van der Waals surface area (Å²) in [6, 6.07) is -0.544. The largest absolute Gasteiger partial charge is 0.466 e. The van der Waals surface area contributed by atoms with E-state index in [1.54, 1.807) is 0 Å². The summed E-state index contributed by atoms with van der Waals surface area (Å²) in [5.41, 5.74) is 0. The van der Waals surface area contributed by atoms with Crippen LogP contribution in [0.2, 0.25) is 0 Å². The van der Waals surface area contributed by atoms with Gasteiger partial charge in [-0.2, -0.15) is 0 Å². The van der Waals surface area contributed by atoms with Crippen LogP contribution in [0.15, 0.2) is 36.5 Å². The molecule has 0 saturated heterocycles. The zero-order chi connectivity index (χ0) is 44.4. The van der Waals surface area contributed by atoms with Crippen molar-refractivity contribution in [3.05, 3.63) is 36.5 Å². The minimum absolute atomic E-state index is 0.00610. The molecule has 0 aliphatic rings. The van der Waals surface area contributed by atoms with E-state index >= 15 is 0 Å². The van der Waals surface area contributed by atoms with Crippen LogP contribution in [0.1, 0.15) is 277 Å². The first-order valence-electron chi connectivity index (χ1n) is 26.7. The Morgan fingerprint density at radius 3 is 1.33 bits per heavy atom. The minimum atomic E-state index is -0.666. The molecule has 0 saturated carbocycles. The van der Waals surface area contributed by atoms with Crippen molar-refractivity contribution >= 4 is 11.9 Å². The van der Waals surface area contributed by atoms with Gasteiger partial charge in [0.1, 0.15) is 0 Å². The predicted octanol–water partition coefficient (Wildman–Crippen LogP) is 16.1. The second kappa shape index (κ2) is 50.7. The van der Waals surface area contributed by atoms with Crippen LogP contribution in [0.4, 0.5) is 0 Å². The third kappa shape index (κ3) is 47.4. The SMILES string of the molecule is CCC/C=C\C/C=C\CCCCCCCC(=O)OCCCCCCCCCCCCC/C=C\CCCCCCCCCC(=O)NC(CO)C(O)CCCCCCCCCCC. The van der Waals surface area contributed by atoms with Crippen LogP contribution in [0.3, 0.4) is 0 Å². The first-order valence-corrected chi connectivity index (χ1v) is 26.7. The Morgan fingerprint density at radius 2 is 0.852 bits per heavy atom. The normalized spacial score (nSPS) is 12.9. The fourth-order valence-corrected chi connectivity index (χ4v) is 8.02. The van der Waals surface area contributed by atoms with Crippen LogP contribution < -0.4 is 5.32 Å². The van der Waals surface area contributed by atoms with E-state index in [4.69, 9.17) is 4.74 Å². The molecule has 0 bridgehead atoms. The fraction of sp³-hybridized carbons (Fsp3) is 0.855. The summed E-state index contributed by atoms with van der Waals surface area (Å²) in [7, 11) is 0. The second-order valence-electron chi connectivity index (χ2n) is 18.2. The third-order valence-electron chi connectivity index (χ3n) is 12.1. The first-order chi connectivity index (χ1) is 30.0. The number of unbranched alkanes of at least 4 members (excludes halogenated alkanes) is 32. The van der Waals surface area contributed by atoms with Crippen LogP contribution in [0.5, 0.6) is 0 Å². The molecular weight excluding hydrogens is 755 g/mol. The lowest BCUT2D eigenvalue weighted by atomic mass is 10.0. The maximum Gasteiger partial charge on any atom is 0.305 e. The van der Waals surface area contributed by atoms with E-state index in [9.17, 15) is 19.8 Å². The van der Waals surface area contributed by atoms with E-state index in [1.165, 1.54) is 193 Å². The fourth-order valence-electron chi connectivity index (χ4n) is 8.02. The van der Waals surface area contributed by atoms with E-state index in [0.29, 0.717) is 25.9 Å². The lowest BCUT2D eigenvalue weighted by Gasteiger charge is -2.22. The highest BCUT2D eigenvalue weighted by molar-refractivity contribution is 5.76. The average molecular weight is 858 g/mol. The standard InChI is InChI=1S/C55H103NO5/c1-3-5-7-9-11-13-14-25-29-33-37-41-45-49-55(60)61-50-46-42-38-34-30-27-24-22-20-18-16-15-17-19-21-23-26-28-32-36-40-44-48-54(59)56-52(51-57)53(58)47-43-39-35-31-12-10-8-6-4-2/h7,9,13-14,17,19,52-53,57-58H,3-6,8,10-12,15-16,18,20-51H2,1-2H3,(H,56,59)/b9-7-,14-13-,19-17-. The molecule has 1 amide bonds. The molecule has 2 atom stereocenters. The Kier molecular flexibility index (Phi) is 49.1. The molecule has 0 fully saturated rings. The molecule has 0 aromatic carbocycles. The van der Waals surface area contributed by atoms with Crippen molar-refractivity contribution < 1.29 is 24.5 Å². The van der Waals surface area contributed by atoms with Crippen molar-refractivity contribution in [1.29, 1.82) is 0 Å². The minimum Gasteiger partial charge on any atom is -0.466 e. The van der Waals surface area contributed by atoms with Crippen LogP contribution >= 0.6 is 0 Å². The smallest absolute Gasteiger partial charge is 0.305 e. The zero-order valence-corrected chi connectivity index (χ0v) is 40.6. The highest BCUT2D eigenvalue weighted by Gasteiger charge is 2.20. The molecule has 61 heavy (non-hydrogen) atoms. The summed E-state index contributed by atoms with van der Waals surface area (Å²) < 4.78 is 5.46. The molecule has 0 aliphatic heterocycles. The first kappa shape index (κ1) is 59.1. The van der Waals surface area contributed by atoms with Crippen molar-refractivity contribution in [3.8, 4) is 0 Å². The molecule has 0 aliphatic carbocycles. The van der Waals surface area contributed by atoms with E-state index in [-0.39, 0.29) is 18.5 Å². The molecular formula is C55H103NO5. The Morgan fingerprint density at radius 1 is 0.459 bits per heavy atom. The Labute approximate surface area is 379 Å². The van der Waals surface area contributed by atoms with E-state index < -0.39 is 12.1 Å². The lowest BCUT2D eigenvalue weighted by Crippen LogP contribution is -2.45. The molecule has 0 radical (unpaired) electrons. The van der Waals surface area contributed by atoms with Gasteiger partial charge >= 0.3 is 5.97 Å².